The van der Waals surface area contributed by atoms with Crippen LogP contribution >= 0.6 is 0 Å². The highest BCUT2D eigenvalue weighted by Gasteiger charge is 2.16. The first-order valence-corrected chi connectivity index (χ1v) is 11.4. The Bertz CT molecular complexity index is 1730. The summed E-state index contributed by atoms with van der Waals surface area (Å²) in [6.45, 7) is 2.10. The van der Waals surface area contributed by atoms with E-state index in [9.17, 15) is 0 Å². The standard InChI is InChI=1S/C26H21N7O4/c1-15-10-27-25-31-21(13-33(25)32-15)24-9-19-22(7-18(34-2)8-23(19)37-24)36-14-17-5-4-6-20(30-17)16-11-28-26(35-3)29-12-16/h4-13H,14H2,1-3H3. The molecular weight excluding hydrogens is 474 g/mol. The molecule has 0 unspecified atom stereocenters. The number of fused-ring (bicyclic) bond motifs is 2. The van der Waals surface area contributed by atoms with Gasteiger partial charge in [-0.1, -0.05) is 6.07 Å². The molecule has 1 aromatic carbocycles. The Morgan fingerprint density at radius 2 is 1.78 bits per heavy atom. The maximum Gasteiger partial charge on any atom is 0.316 e. The van der Waals surface area contributed by atoms with Gasteiger partial charge in [-0.2, -0.15) is 5.10 Å². The summed E-state index contributed by atoms with van der Waals surface area (Å²) in [6.07, 6.45) is 6.79. The third-order valence-corrected chi connectivity index (χ3v) is 5.65. The van der Waals surface area contributed by atoms with E-state index in [1.807, 2.05) is 43.3 Å². The molecule has 0 N–H and O–H groups in total. The number of aryl methyl sites for hydroxylation is 1. The van der Waals surface area contributed by atoms with E-state index in [-0.39, 0.29) is 6.61 Å². The number of furan rings is 1. The summed E-state index contributed by atoms with van der Waals surface area (Å²) in [7, 11) is 3.12. The minimum atomic E-state index is 0.231. The molecule has 6 aromatic rings. The van der Waals surface area contributed by atoms with Crippen LogP contribution < -0.4 is 14.2 Å². The number of rotatable bonds is 7. The van der Waals surface area contributed by atoms with Gasteiger partial charge < -0.3 is 18.6 Å². The van der Waals surface area contributed by atoms with E-state index in [1.165, 1.54) is 7.11 Å². The van der Waals surface area contributed by atoms with Crippen LogP contribution in [0.5, 0.6) is 17.5 Å². The van der Waals surface area contributed by atoms with Gasteiger partial charge in [0.05, 0.1) is 49.1 Å². The molecule has 0 saturated carbocycles. The predicted octanol–water partition coefficient (Wildman–Crippen LogP) is 4.29. The Morgan fingerprint density at radius 1 is 0.919 bits per heavy atom. The Labute approximate surface area is 210 Å². The third-order valence-electron chi connectivity index (χ3n) is 5.65. The van der Waals surface area contributed by atoms with E-state index < -0.39 is 0 Å². The number of hydrogen-bond acceptors (Lipinski definition) is 10. The highest BCUT2D eigenvalue weighted by Crippen LogP contribution is 2.37. The van der Waals surface area contributed by atoms with Gasteiger partial charge in [0.2, 0.25) is 0 Å². The molecule has 184 valence electrons. The molecule has 0 aliphatic heterocycles. The second-order valence-electron chi connectivity index (χ2n) is 8.18. The van der Waals surface area contributed by atoms with Crippen molar-refractivity contribution >= 4 is 16.7 Å². The molecule has 0 radical (unpaired) electrons. The lowest BCUT2D eigenvalue weighted by Gasteiger charge is -2.10. The number of hydrogen-bond donors (Lipinski definition) is 0. The van der Waals surface area contributed by atoms with Crippen LogP contribution in [0.2, 0.25) is 0 Å². The van der Waals surface area contributed by atoms with Crippen molar-refractivity contribution in [1.29, 1.82) is 0 Å². The average Bonchev–Trinajstić information content (AvgIpc) is 3.56. The Hall–Kier alpha value is -5.06. The molecule has 0 atom stereocenters. The summed E-state index contributed by atoms with van der Waals surface area (Å²) in [6, 6.07) is 11.5. The number of benzene rings is 1. The zero-order valence-corrected chi connectivity index (χ0v) is 20.2. The van der Waals surface area contributed by atoms with E-state index in [4.69, 9.17) is 23.6 Å². The smallest absolute Gasteiger partial charge is 0.316 e. The van der Waals surface area contributed by atoms with E-state index in [0.717, 1.165) is 28.0 Å². The molecule has 0 amide bonds. The van der Waals surface area contributed by atoms with Crippen LogP contribution in [-0.4, -0.2) is 48.8 Å². The fraction of sp³-hybridized carbons (Fsp3) is 0.154. The van der Waals surface area contributed by atoms with E-state index in [0.29, 0.717) is 40.3 Å². The molecule has 5 heterocycles. The minimum Gasteiger partial charge on any atom is -0.496 e. The van der Waals surface area contributed by atoms with E-state index in [1.54, 1.807) is 36.4 Å². The second kappa shape index (κ2) is 9.19. The first kappa shape index (κ1) is 22.4. The number of nitrogens with zero attached hydrogens (tertiary/aromatic N) is 7. The average molecular weight is 495 g/mol. The molecule has 0 saturated heterocycles. The summed E-state index contributed by atoms with van der Waals surface area (Å²) in [5, 5.41) is 5.19. The van der Waals surface area contributed by atoms with Crippen molar-refractivity contribution in [2.24, 2.45) is 0 Å². The molecule has 6 rings (SSSR count). The lowest BCUT2D eigenvalue weighted by atomic mass is 10.2. The van der Waals surface area contributed by atoms with Crippen LogP contribution in [0.15, 0.2) is 65.6 Å². The van der Waals surface area contributed by atoms with Crippen LogP contribution in [-0.2, 0) is 6.61 Å². The van der Waals surface area contributed by atoms with Gasteiger partial charge in [0.15, 0.2) is 5.76 Å². The van der Waals surface area contributed by atoms with Crippen molar-refractivity contribution < 1.29 is 18.6 Å². The zero-order chi connectivity index (χ0) is 25.4. The lowest BCUT2D eigenvalue weighted by Crippen LogP contribution is -2.00. The van der Waals surface area contributed by atoms with Gasteiger partial charge in [0.25, 0.3) is 5.78 Å². The van der Waals surface area contributed by atoms with Crippen molar-refractivity contribution in [3.05, 3.63) is 72.6 Å². The zero-order valence-electron chi connectivity index (χ0n) is 20.2. The molecule has 0 spiro atoms. The molecule has 11 nitrogen and oxygen atoms in total. The fourth-order valence-electron chi connectivity index (χ4n) is 3.86. The van der Waals surface area contributed by atoms with Gasteiger partial charge in [-0.25, -0.2) is 29.4 Å². The summed E-state index contributed by atoms with van der Waals surface area (Å²) in [4.78, 5) is 21.8. The molecule has 0 fully saturated rings. The number of pyridine rings is 1. The van der Waals surface area contributed by atoms with Crippen molar-refractivity contribution in [2.45, 2.75) is 13.5 Å². The first-order chi connectivity index (χ1) is 18.1. The van der Waals surface area contributed by atoms with Gasteiger partial charge in [-0.15, -0.1) is 0 Å². The van der Waals surface area contributed by atoms with Crippen LogP contribution in [0.4, 0.5) is 0 Å². The van der Waals surface area contributed by atoms with Gasteiger partial charge in [-0.05, 0) is 25.1 Å². The SMILES string of the molecule is COc1cc(OCc2cccc(-c3cnc(OC)nc3)n2)c2cc(-c3cn4nc(C)cnc4n3)oc2c1. The summed E-state index contributed by atoms with van der Waals surface area (Å²) < 4.78 is 24.4. The first-order valence-electron chi connectivity index (χ1n) is 11.4. The van der Waals surface area contributed by atoms with Crippen LogP contribution in [0.1, 0.15) is 11.4 Å². The van der Waals surface area contributed by atoms with Crippen LogP contribution in [0.3, 0.4) is 0 Å². The maximum atomic E-state index is 6.20. The highest BCUT2D eigenvalue weighted by molar-refractivity contribution is 5.89. The van der Waals surface area contributed by atoms with Gasteiger partial charge in [-0.3, -0.25) is 0 Å². The number of ether oxygens (including phenoxy) is 3. The molecule has 0 aliphatic carbocycles. The number of methoxy groups -OCH3 is 2. The molecular formula is C26H21N7O4. The normalized spacial score (nSPS) is 11.2. The Balaban J connectivity index is 1.30. The molecule has 11 heteroatoms. The summed E-state index contributed by atoms with van der Waals surface area (Å²) >= 11 is 0. The van der Waals surface area contributed by atoms with Gasteiger partial charge in [0, 0.05) is 30.1 Å². The van der Waals surface area contributed by atoms with Crippen LogP contribution in [0, 0.1) is 6.92 Å². The summed E-state index contributed by atoms with van der Waals surface area (Å²) in [5.41, 5.74) is 4.25. The Kier molecular flexibility index (Phi) is 5.56. The van der Waals surface area contributed by atoms with Crippen molar-refractivity contribution in [1.82, 2.24) is 34.5 Å². The summed E-state index contributed by atoms with van der Waals surface area (Å²) in [5.74, 6) is 2.26. The lowest BCUT2D eigenvalue weighted by molar-refractivity contribution is 0.303. The topological polar surface area (TPSA) is 123 Å². The fourth-order valence-corrected chi connectivity index (χ4v) is 3.86. The molecule has 37 heavy (non-hydrogen) atoms. The number of aromatic nitrogens is 7. The molecule has 0 aliphatic rings. The quantitative estimate of drug-likeness (QED) is 0.317. The third kappa shape index (κ3) is 4.38. The number of imidazole rings is 1. The van der Waals surface area contributed by atoms with Crippen molar-refractivity contribution in [3.63, 3.8) is 0 Å². The molecule has 0 bridgehead atoms. The van der Waals surface area contributed by atoms with E-state index >= 15 is 0 Å². The largest absolute Gasteiger partial charge is 0.496 e. The minimum absolute atomic E-state index is 0.231. The maximum absolute atomic E-state index is 6.20. The van der Waals surface area contributed by atoms with Gasteiger partial charge in [0.1, 0.15) is 29.4 Å². The monoisotopic (exact) mass is 495 g/mol. The highest BCUT2D eigenvalue weighted by atomic mass is 16.5. The van der Waals surface area contributed by atoms with E-state index in [2.05, 4.69) is 25.0 Å². The second-order valence-corrected chi connectivity index (χ2v) is 8.18. The van der Waals surface area contributed by atoms with Crippen LogP contribution in [0.25, 0.3) is 39.5 Å². The van der Waals surface area contributed by atoms with Crippen molar-refractivity contribution in [2.75, 3.05) is 14.2 Å². The Morgan fingerprint density at radius 3 is 2.59 bits per heavy atom. The van der Waals surface area contributed by atoms with Crippen molar-refractivity contribution in [3.8, 4) is 40.2 Å². The molecule has 5 aromatic heterocycles. The predicted molar refractivity (Wildman–Crippen MR) is 133 cm³/mol. The van der Waals surface area contributed by atoms with Gasteiger partial charge >= 0.3 is 6.01 Å².